The number of pyridine rings is 1. The Morgan fingerprint density at radius 3 is 2.41 bits per heavy atom. The number of benzene rings is 3. The predicted molar refractivity (Wildman–Crippen MR) is 163 cm³/mol. The summed E-state index contributed by atoms with van der Waals surface area (Å²) in [7, 11) is 0. The number of hydrogen-bond acceptors (Lipinski definition) is 5. The van der Waals surface area contributed by atoms with Crippen molar-refractivity contribution in [2.45, 2.75) is 45.8 Å². The van der Waals surface area contributed by atoms with Crippen molar-refractivity contribution in [2.75, 3.05) is 5.32 Å². The second-order valence-electron chi connectivity index (χ2n) is 11.3. The van der Waals surface area contributed by atoms with Crippen molar-refractivity contribution in [3.63, 3.8) is 0 Å². The first-order chi connectivity index (χ1) is 19.8. The molecule has 0 saturated carbocycles. The molecular formula is C34H33N5O2. The number of alkyl carbamates (subject to hydrolysis) is 1. The zero-order chi connectivity index (χ0) is 28.6. The van der Waals surface area contributed by atoms with E-state index in [0.29, 0.717) is 6.42 Å². The van der Waals surface area contributed by atoms with Gasteiger partial charge in [0.2, 0.25) is 0 Å². The quantitative estimate of drug-likeness (QED) is 0.232. The second-order valence-corrected chi connectivity index (χ2v) is 11.3. The van der Waals surface area contributed by atoms with Gasteiger partial charge in [0.05, 0.1) is 22.8 Å². The maximum atomic E-state index is 12.2. The van der Waals surface area contributed by atoms with Crippen molar-refractivity contribution in [1.29, 1.82) is 0 Å². The van der Waals surface area contributed by atoms with Crippen LogP contribution in [0.15, 0.2) is 97.2 Å². The molecule has 3 aromatic carbocycles. The Hall–Kier alpha value is -4.91. The third kappa shape index (κ3) is 5.43. The molecule has 1 aliphatic heterocycles. The van der Waals surface area contributed by atoms with E-state index in [1.807, 2.05) is 64.1 Å². The largest absolute Gasteiger partial charge is 0.444 e. The molecule has 206 valence electrons. The third-order valence-electron chi connectivity index (χ3n) is 6.91. The van der Waals surface area contributed by atoms with Gasteiger partial charge in [0.1, 0.15) is 11.4 Å². The summed E-state index contributed by atoms with van der Waals surface area (Å²) in [4.78, 5) is 22.2. The monoisotopic (exact) mass is 543 g/mol. The van der Waals surface area contributed by atoms with E-state index in [-0.39, 0.29) is 6.04 Å². The number of carbonyl (C=O) groups excluding carboxylic acids is 1. The summed E-state index contributed by atoms with van der Waals surface area (Å²) < 4.78 is 7.63. The highest BCUT2D eigenvalue weighted by atomic mass is 16.6. The van der Waals surface area contributed by atoms with Crippen LogP contribution in [0.3, 0.4) is 0 Å². The van der Waals surface area contributed by atoms with E-state index in [9.17, 15) is 4.79 Å². The standard InChI is InChI=1S/C34H33N5O2/c1-22(36-33(40)41-34(2,3)4)21-23-16-18-25(19-17-23)30-29(24-11-6-5-7-12-24)38-32-26-13-8-9-14-27(26)37-31-28(39(30)32)15-10-20-35-31/h5-20,22H,21H2,1-4H3,(H,35,37)(H,36,40). The van der Waals surface area contributed by atoms with Gasteiger partial charge in [-0.1, -0.05) is 66.7 Å². The predicted octanol–water partition coefficient (Wildman–Crippen LogP) is 7.78. The van der Waals surface area contributed by atoms with Crippen molar-refractivity contribution in [2.24, 2.45) is 0 Å². The summed E-state index contributed by atoms with van der Waals surface area (Å²) in [5.74, 6) is 1.63. The SMILES string of the molecule is CC(Cc1ccc(-c2c(-c3ccccc3)nc3n2-c2cccnc2Nc2ccccc2-3)cc1)NC(=O)OC(C)(C)C. The molecule has 1 atom stereocenters. The van der Waals surface area contributed by atoms with Crippen LogP contribution >= 0.6 is 0 Å². The summed E-state index contributed by atoms with van der Waals surface area (Å²) in [6, 6.07) is 30.9. The number of nitrogens with one attached hydrogen (secondary N) is 2. The lowest BCUT2D eigenvalue weighted by Gasteiger charge is -2.22. The summed E-state index contributed by atoms with van der Waals surface area (Å²) in [5, 5.41) is 6.45. The molecule has 0 saturated heterocycles. The van der Waals surface area contributed by atoms with Gasteiger partial charge < -0.3 is 15.4 Å². The van der Waals surface area contributed by atoms with Gasteiger partial charge in [0.15, 0.2) is 5.82 Å². The first-order valence-electron chi connectivity index (χ1n) is 13.9. The number of para-hydroxylation sites is 1. The van der Waals surface area contributed by atoms with Gasteiger partial charge in [-0.25, -0.2) is 14.8 Å². The Balaban J connectivity index is 1.43. The third-order valence-corrected chi connectivity index (χ3v) is 6.91. The lowest BCUT2D eigenvalue weighted by atomic mass is 10.0. The Kier molecular flexibility index (Phi) is 6.79. The number of anilines is 2. The van der Waals surface area contributed by atoms with Crippen LogP contribution in [0.5, 0.6) is 0 Å². The van der Waals surface area contributed by atoms with Crippen molar-refractivity contribution in [3.8, 4) is 39.6 Å². The van der Waals surface area contributed by atoms with Gasteiger partial charge in [-0.05, 0) is 63.9 Å². The van der Waals surface area contributed by atoms with E-state index in [2.05, 4.69) is 74.8 Å². The molecular weight excluding hydrogens is 510 g/mol. The average molecular weight is 544 g/mol. The van der Waals surface area contributed by atoms with E-state index in [4.69, 9.17) is 9.72 Å². The highest BCUT2D eigenvalue weighted by Crippen LogP contribution is 2.44. The fraction of sp³-hybridized carbons (Fsp3) is 0.206. The lowest BCUT2D eigenvalue weighted by Crippen LogP contribution is -2.38. The van der Waals surface area contributed by atoms with Crippen LogP contribution in [-0.4, -0.2) is 32.3 Å². The Morgan fingerprint density at radius 1 is 0.927 bits per heavy atom. The number of nitrogens with zero attached hydrogens (tertiary/aromatic N) is 3. The van der Waals surface area contributed by atoms with Crippen molar-refractivity contribution in [1.82, 2.24) is 19.9 Å². The molecule has 0 spiro atoms. The molecule has 0 fully saturated rings. The maximum absolute atomic E-state index is 12.2. The molecule has 7 heteroatoms. The molecule has 3 heterocycles. The lowest BCUT2D eigenvalue weighted by molar-refractivity contribution is 0.0508. The first kappa shape index (κ1) is 26.3. The molecule has 2 aromatic heterocycles. The highest BCUT2D eigenvalue weighted by molar-refractivity contribution is 5.90. The Morgan fingerprint density at radius 2 is 1.66 bits per heavy atom. The summed E-state index contributed by atoms with van der Waals surface area (Å²) >= 11 is 0. The van der Waals surface area contributed by atoms with Crippen LogP contribution in [0.25, 0.3) is 39.6 Å². The number of aromatic nitrogens is 3. The first-order valence-corrected chi connectivity index (χ1v) is 13.9. The van der Waals surface area contributed by atoms with Gasteiger partial charge >= 0.3 is 6.09 Å². The fourth-order valence-corrected chi connectivity index (χ4v) is 5.20. The van der Waals surface area contributed by atoms with Gasteiger partial charge in [-0.2, -0.15) is 0 Å². The number of ether oxygens (including phenoxy) is 1. The molecule has 0 radical (unpaired) electrons. The fourth-order valence-electron chi connectivity index (χ4n) is 5.20. The van der Waals surface area contributed by atoms with E-state index >= 15 is 0 Å². The molecule has 7 nitrogen and oxygen atoms in total. The smallest absolute Gasteiger partial charge is 0.407 e. The van der Waals surface area contributed by atoms with Crippen molar-refractivity contribution in [3.05, 3.63) is 103 Å². The number of hydrogen-bond donors (Lipinski definition) is 2. The van der Waals surface area contributed by atoms with E-state index in [1.165, 1.54) is 0 Å². The zero-order valence-electron chi connectivity index (χ0n) is 23.7. The molecule has 6 rings (SSSR count). The van der Waals surface area contributed by atoms with Crippen LogP contribution in [-0.2, 0) is 11.2 Å². The Labute approximate surface area is 240 Å². The number of fused-ring (bicyclic) bond motifs is 5. The zero-order valence-corrected chi connectivity index (χ0v) is 23.7. The van der Waals surface area contributed by atoms with Crippen LogP contribution < -0.4 is 10.6 Å². The summed E-state index contributed by atoms with van der Waals surface area (Å²) in [6.45, 7) is 7.57. The van der Waals surface area contributed by atoms with E-state index in [1.54, 1.807) is 6.20 Å². The minimum Gasteiger partial charge on any atom is -0.444 e. The molecule has 5 aromatic rings. The maximum Gasteiger partial charge on any atom is 0.407 e. The topological polar surface area (TPSA) is 81.1 Å². The normalized spacial score (nSPS) is 12.7. The van der Waals surface area contributed by atoms with Gasteiger partial charge in [0.25, 0.3) is 0 Å². The van der Waals surface area contributed by atoms with Crippen LogP contribution in [0, 0.1) is 0 Å². The van der Waals surface area contributed by atoms with Crippen LogP contribution in [0.2, 0.25) is 0 Å². The van der Waals surface area contributed by atoms with E-state index in [0.717, 1.165) is 56.7 Å². The average Bonchev–Trinajstić information content (AvgIpc) is 3.27. The molecule has 2 N–H and O–H groups in total. The Bertz CT molecular complexity index is 1700. The molecule has 1 unspecified atom stereocenters. The van der Waals surface area contributed by atoms with Crippen LogP contribution in [0.4, 0.5) is 16.3 Å². The summed E-state index contributed by atoms with van der Waals surface area (Å²) in [6.07, 6.45) is 2.08. The minimum absolute atomic E-state index is 0.0812. The van der Waals surface area contributed by atoms with Gasteiger partial charge in [-0.15, -0.1) is 0 Å². The number of amides is 1. The number of carbonyl (C=O) groups is 1. The van der Waals surface area contributed by atoms with Gasteiger partial charge in [0, 0.05) is 28.9 Å². The van der Waals surface area contributed by atoms with Crippen LogP contribution in [0.1, 0.15) is 33.3 Å². The number of imidazole rings is 1. The molecule has 1 aliphatic rings. The molecule has 41 heavy (non-hydrogen) atoms. The van der Waals surface area contributed by atoms with Gasteiger partial charge in [-0.3, -0.25) is 4.57 Å². The second kappa shape index (κ2) is 10.6. The van der Waals surface area contributed by atoms with Crippen molar-refractivity contribution >= 4 is 17.6 Å². The summed E-state index contributed by atoms with van der Waals surface area (Å²) in [5.41, 5.74) is 7.45. The van der Waals surface area contributed by atoms with Crippen molar-refractivity contribution < 1.29 is 9.53 Å². The molecule has 0 aliphatic carbocycles. The van der Waals surface area contributed by atoms with E-state index < -0.39 is 11.7 Å². The molecule has 0 bridgehead atoms. The molecule has 1 amide bonds. The number of rotatable bonds is 5. The minimum atomic E-state index is -0.532. The highest BCUT2D eigenvalue weighted by Gasteiger charge is 2.28.